The Morgan fingerprint density at radius 1 is 1.07 bits per heavy atom. The third-order valence-corrected chi connectivity index (χ3v) is 6.75. The van der Waals surface area contributed by atoms with Gasteiger partial charge in [0.05, 0.1) is 12.2 Å². The Bertz CT molecular complexity index is 749. The minimum absolute atomic E-state index is 0.0774. The van der Waals surface area contributed by atoms with Crippen LogP contribution in [0.5, 0.6) is 0 Å². The molecule has 4 aliphatic rings. The molecule has 4 saturated carbocycles. The molecule has 144 valence electrons. The van der Waals surface area contributed by atoms with Gasteiger partial charge >= 0.3 is 5.97 Å². The summed E-state index contributed by atoms with van der Waals surface area (Å²) in [5, 5.41) is 0. The molecule has 5 heteroatoms. The molecule has 4 aliphatic carbocycles. The van der Waals surface area contributed by atoms with Crippen LogP contribution in [0.4, 0.5) is 4.39 Å². The molecule has 5 rings (SSSR count). The van der Waals surface area contributed by atoms with Crippen molar-refractivity contribution < 1.29 is 23.5 Å². The molecule has 4 fully saturated rings. The zero-order chi connectivity index (χ0) is 19.2. The molecule has 1 aromatic carbocycles. The summed E-state index contributed by atoms with van der Waals surface area (Å²) >= 11 is 0. The number of halogens is 1. The molecular formula is C22H25FO4. The molecular weight excluding hydrogens is 347 g/mol. The van der Waals surface area contributed by atoms with Gasteiger partial charge in [-0.15, -0.1) is 0 Å². The number of ketones is 2. The highest BCUT2D eigenvalue weighted by atomic mass is 19.1. The molecule has 4 nitrogen and oxygen atoms in total. The van der Waals surface area contributed by atoms with Crippen molar-refractivity contribution in [2.45, 2.75) is 45.4 Å². The predicted octanol–water partition coefficient (Wildman–Crippen LogP) is 3.97. The van der Waals surface area contributed by atoms with Gasteiger partial charge in [-0.25, -0.2) is 4.39 Å². The summed E-state index contributed by atoms with van der Waals surface area (Å²) in [6.07, 6.45) is 5.70. The minimum atomic E-state index is -1.56. The van der Waals surface area contributed by atoms with Crippen LogP contribution in [0.3, 0.4) is 0 Å². The summed E-state index contributed by atoms with van der Waals surface area (Å²) in [5.74, 6) is -2.70. The molecule has 0 saturated heterocycles. The number of benzene rings is 1. The second kappa shape index (κ2) is 6.84. The van der Waals surface area contributed by atoms with Crippen LogP contribution in [0.15, 0.2) is 24.3 Å². The van der Waals surface area contributed by atoms with E-state index in [0.29, 0.717) is 17.8 Å². The van der Waals surface area contributed by atoms with Crippen molar-refractivity contribution in [1.82, 2.24) is 0 Å². The summed E-state index contributed by atoms with van der Waals surface area (Å²) in [5.41, 5.74) is -0.832. The van der Waals surface area contributed by atoms with Crippen molar-refractivity contribution >= 4 is 17.5 Å². The maximum absolute atomic E-state index is 14.2. The number of ether oxygens (including phenoxy) is 1. The minimum Gasteiger partial charge on any atom is -0.465 e. The maximum Gasteiger partial charge on any atom is 0.324 e. The first-order valence-electron chi connectivity index (χ1n) is 9.93. The fraction of sp³-hybridized carbons (Fsp3) is 0.591. The second-order valence-electron chi connectivity index (χ2n) is 8.59. The van der Waals surface area contributed by atoms with E-state index in [0.717, 1.165) is 38.5 Å². The number of esters is 1. The molecule has 27 heavy (non-hydrogen) atoms. The average molecular weight is 372 g/mol. The van der Waals surface area contributed by atoms with Gasteiger partial charge in [0.15, 0.2) is 17.5 Å². The number of Topliss-reactive ketones (excluding diaryl/α,β-unsaturated/α-hetero) is 2. The van der Waals surface area contributed by atoms with Crippen LogP contribution in [0, 0.1) is 34.9 Å². The van der Waals surface area contributed by atoms with Crippen LogP contribution in [-0.2, 0) is 14.3 Å². The average Bonchev–Trinajstić information content (AvgIpc) is 2.61. The molecule has 0 aromatic heterocycles. The third-order valence-electron chi connectivity index (χ3n) is 6.75. The molecule has 4 bridgehead atoms. The monoisotopic (exact) mass is 372 g/mol. The quantitative estimate of drug-likeness (QED) is 0.431. The Morgan fingerprint density at radius 3 is 2.15 bits per heavy atom. The molecule has 1 aromatic rings. The van der Waals surface area contributed by atoms with E-state index in [4.69, 9.17) is 4.74 Å². The molecule has 0 aliphatic heterocycles. The molecule has 1 atom stereocenters. The Balaban J connectivity index is 1.69. The smallest absolute Gasteiger partial charge is 0.324 e. The SMILES string of the molecule is CCOC(=O)C(C(=O)c1ccccc1F)C(=O)C12CC3CC(CC(C3)C1)C2. The number of hydrogen-bond acceptors (Lipinski definition) is 4. The molecule has 0 spiro atoms. The lowest BCUT2D eigenvalue weighted by Gasteiger charge is -2.56. The van der Waals surface area contributed by atoms with Gasteiger partial charge in [0.2, 0.25) is 0 Å². The van der Waals surface area contributed by atoms with E-state index >= 15 is 0 Å². The van der Waals surface area contributed by atoms with Gasteiger partial charge in [-0.1, -0.05) is 12.1 Å². The number of hydrogen-bond donors (Lipinski definition) is 0. The highest BCUT2D eigenvalue weighted by Gasteiger charge is 2.57. The standard InChI is InChI=1S/C22H25FO4/c1-2-27-21(26)18(19(24)16-5-3-4-6-17(16)23)20(25)22-10-13-7-14(11-22)9-15(8-13)12-22/h3-6,13-15,18H,2,7-12H2,1H3. The maximum atomic E-state index is 14.2. The molecule has 0 radical (unpaired) electrons. The zero-order valence-corrected chi connectivity index (χ0v) is 15.6. The van der Waals surface area contributed by atoms with Crippen LogP contribution in [0.2, 0.25) is 0 Å². The highest BCUT2D eigenvalue weighted by molar-refractivity contribution is 6.23. The lowest BCUT2D eigenvalue weighted by atomic mass is 9.47. The first-order chi connectivity index (χ1) is 12.9. The second-order valence-corrected chi connectivity index (χ2v) is 8.59. The summed E-state index contributed by atoms with van der Waals surface area (Å²) in [4.78, 5) is 39.3. The van der Waals surface area contributed by atoms with Gasteiger partial charge < -0.3 is 4.74 Å². The number of carbonyl (C=O) groups excluding carboxylic acids is 3. The van der Waals surface area contributed by atoms with Crippen molar-refractivity contribution in [3.8, 4) is 0 Å². The van der Waals surface area contributed by atoms with E-state index in [9.17, 15) is 18.8 Å². The van der Waals surface area contributed by atoms with Gasteiger partial charge in [0.1, 0.15) is 5.82 Å². The Hall–Kier alpha value is -2.04. The van der Waals surface area contributed by atoms with E-state index in [2.05, 4.69) is 0 Å². The van der Waals surface area contributed by atoms with Gasteiger partial charge in [-0.3, -0.25) is 14.4 Å². The molecule has 0 amide bonds. The van der Waals surface area contributed by atoms with Gasteiger partial charge in [0, 0.05) is 5.41 Å². The van der Waals surface area contributed by atoms with Crippen LogP contribution < -0.4 is 0 Å². The Morgan fingerprint density at radius 2 is 1.63 bits per heavy atom. The summed E-state index contributed by atoms with van der Waals surface area (Å²) in [6.45, 7) is 1.71. The van der Waals surface area contributed by atoms with Crippen LogP contribution in [-0.4, -0.2) is 24.1 Å². The van der Waals surface area contributed by atoms with Crippen molar-refractivity contribution in [3.05, 3.63) is 35.6 Å². The van der Waals surface area contributed by atoms with Gasteiger partial charge in [0.25, 0.3) is 0 Å². The van der Waals surface area contributed by atoms with Crippen molar-refractivity contribution in [1.29, 1.82) is 0 Å². The number of rotatable bonds is 6. The topological polar surface area (TPSA) is 60.4 Å². The molecule has 0 heterocycles. The normalized spacial score (nSPS) is 32.1. The van der Waals surface area contributed by atoms with E-state index < -0.39 is 28.9 Å². The number of carbonyl (C=O) groups is 3. The van der Waals surface area contributed by atoms with E-state index in [-0.39, 0.29) is 18.0 Å². The molecule has 0 N–H and O–H groups in total. The largest absolute Gasteiger partial charge is 0.465 e. The third kappa shape index (κ3) is 3.11. The van der Waals surface area contributed by atoms with Gasteiger partial charge in [-0.2, -0.15) is 0 Å². The summed E-state index contributed by atoms with van der Waals surface area (Å²) in [7, 11) is 0. The van der Waals surface area contributed by atoms with Crippen molar-refractivity contribution in [2.75, 3.05) is 6.61 Å². The predicted molar refractivity (Wildman–Crippen MR) is 96.5 cm³/mol. The van der Waals surface area contributed by atoms with E-state index in [1.165, 1.54) is 24.3 Å². The zero-order valence-electron chi connectivity index (χ0n) is 15.6. The van der Waals surface area contributed by atoms with E-state index in [1.54, 1.807) is 6.92 Å². The van der Waals surface area contributed by atoms with Crippen LogP contribution in [0.1, 0.15) is 55.8 Å². The summed E-state index contributed by atoms with van der Waals surface area (Å²) in [6, 6.07) is 5.52. The van der Waals surface area contributed by atoms with Gasteiger partial charge in [-0.05, 0) is 75.3 Å². The Kier molecular flexibility index (Phi) is 4.65. The Labute approximate surface area is 158 Å². The fourth-order valence-corrected chi connectivity index (χ4v) is 6.09. The first-order valence-corrected chi connectivity index (χ1v) is 9.93. The lowest BCUT2D eigenvalue weighted by molar-refractivity contribution is -0.158. The van der Waals surface area contributed by atoms with Crippen LogP contribution in [0.25, 0.3) is 0 Å². The lowest BCUT2D eigenvalue weighted by Crippen LogP contribution is -2.54. The fourth-order valence-electron chi connectivity index (χ4n) is 6.09. The van der Waals surface area contributed by atoms with Crippen LogP contribution >= 0.6 is 0 Å². The van der Waals surface area contributed by atoms with Crippen molar-refractivity contribution in [2.24, 2.45) is 29.1 Å². The van der Waals surface area contributed by atoms with E-state index in [1.807, 2.05) is 0 Å². The molecule has 1 unspecified atom stereocenters. The highest BCUT2D eigenvalue weighted by Crippen LogP contribution is 2.61. The van der Waals surface area contributed by atoms with Crippen molar-refractivity contribution in [3.63, 3.8) is 0 Å². The summed E-state index contributed by atoms with van der Waals surface area (Å²) < 4.78 is 19.3. The first kappa shape index (κ1) is 18.3.